The molecule has 0 saturated carbocycles. The van der Waals surface area contributed by atoms with Gasteiger partial charge in [0.25, 0.3) is 0 Å². The van der Waals surface area contributed by atoms with Gasteiger partial charge in [-0.3, -0.25) is 9.28 Å². The molecule has 3 fully saturated rings. The van der Waals surface area contributed by atoms with Crippen molar-refractivity contribution < 1.29 is 19.0 Å². The number of quaternary nitrogens is 1. The molecule has 1 atom stereocenters. The molecule has 0 amide bonds. The zero-order chi connectivity index (χ0) is 23.1. The van der Waals surface area contributed by atoms with Gasteiger partial charge in [-0.05, 0) is 31.2 Å². The van der Waals surface area contributed by atoms with Crippen LogP contribution in [0.15, 0.2) is 72.8 Å². The van der Waals surface area contributed by atoms with Gasteiger partial charge in [0.05, 0.1) is 19.7 Å². The van der Waals surface area contributed by atoms with Crippen LogP contribution in [-0.2, 0) is 9.53 Å². The molecule has 4 aliphatic heterocycles. The topological polar surface area (TPSA) is 44.8 Å². The van der Waals surface area contributed by atoms with E-state index >= 15 is 0 Å². The molecule has 4 heterocycles. The first kappa shape index (κ1) is 21.2. The normalized spacial score (nSPS) is 25.1. The number of ether oxygens (including phenoxy) is 3. The largest absolute Gasteiger partial charge is 0.494 e. The average Bonchev–Trinajstić information content (AvgIpc) is 2.88. The molecule has 2 bridgehead atoms. The van der Waals surface area contributed by atoms with Crippen LogP contribution in [0.3, 0.4) is 0 Å². The van der Waals surface area contributed by atoms with Crippen molar-refractivity contribution >= 4 is 11.7 Å². The van der Waals surface area contributed by atoms with E-state index in [9.17, 15) is 4.79 Å². The van der Waals surface area contributed by atoms with E-state index in [1.807, 2.05) is 55.5 Å². The summed E-state index contributed by atoms with van der Waals surface area (Å²) in [5.41, 5.74) is 3.04. The second kappa shape index (κ2) is 8.48. The Kier molecular flexibility index (Phi) is 5.30. The van der Waals surface area contributed by atoms with E-state index < -0.39 is 5.92 Å². The molecule has 3 aromatic carbocycles. The molecule has 0 N–H and O–H groups in total. The number of para-hydroxylation sites is 2. The lowest BCUT2D eigenvalue weighted by Gasteiger charge is -2.51. The first-order valence-corrected chi connectivity index (χ1v) is 12.3. The molecule has 3 aromatic rings. The molecule has 0 unspecified atom stereocenters. The molecule has 0 aliphatic carbocycles. The van der Waals surface area contributed by atoms with Gasteiger partial charge in [-0.15, -0.1) is 0 Å². The third-order valence-corrected chi connectivity index (χ3v) is 7.79. The number of hydrogen-bond donors (Lipinski definition) is 0. The van der Waals surface area contributed by atoms with Gasteiger partial charge in [-0.2, -0.15) is 0 Å². The van der Waals surface area contributed by atoms with Crippen molar-refractivity contribution in [2.24, 2.45) is 5.92 Å². The lowest BCUT2D eigenvalue weighted by Crippen LogP contribution is -2.65. The van der Waals surface area contributed by atoms with Crippen LogP contribution in [-0.4, -0.2) is 38.3 Å². The lowest BCUT2D eigenvalue weighted by atomic mass is 9.82. The monoisotopic (exact) mass is 456 g/mol. The summed E-state index contributed by atoms with van der Waals surface area (Å²) in [7, 11) is 0. The molecule has 7 rings (SSSR count). The summed E-state index contributed by atoms with van der Waals surface area (Å²) >= 11 is 0. The summed E-state index contributed by atoms with van der Waals surface area (Å²) in [6.07, 6.45) is 2.07. The van der Waals surface area contributed by atoms with Crippen LogP contribution in [0.4, 0.5) is 5.69 Å². The fraction of sp³-hybridized carbons (Fsp3) is 0.345. The van der Waals surface area contributed by atoms with Crippen LogP contribution < -0.4 is 14.0 Å². The number of piperidine rings is 3. The van der Waals surface area contributed by atoms with Crippen LogP contribution in [0.5, 0.6) is 17.2 Å². The number of fused-ring (bicyclic) bond motifs is 5. The molecule has 3 saturated heterocycles. The fourth-order valence-electron chi connectivity index (χ4n) is 6.03. The highest BCUT2D eigenvalue weighted by molar-refractivity contribution is 5.85. The van der Waals surface area contributed by atoms with Crippen LogP contribution in [0.1, 0.15) is 36.8 Å². The molecule has 4 aliphatic rings. The number of carbonyl (C=O) groups is 1. The van der Waals surface area contributed by atoms with Crippen molar-refractivity contribution in [1.29, 1.82) is 0 Å². The minimum absolute atomic E-state index is 0.0799. The SMILES string of the molecule is CCOc1ccc([N+]23CCC(CC2)[C@@H](OC(=O)C2c4ccccc4Oc4ccccc42)C3)cc1. The van der Waals surface area contributed by atoms with E-state index in [1.54, 1.807) is 0 Å². The summed E-state index contributed by atoms with van der Waals surface area (Å²) in [6.45, 7) is 5.68. The lowest BCUT2D eigenvalue weighted by molar-refractivity contribution is -0.159. The number of rotatable bonds is 5. The minimum Gasteiger partial charge on any atom is -0.494 e. The maximum absolute atomic E-state index is 13.7. The maximum Gasteiger partial charge on any atom is 0.318 e. The number of esters is 1. The summed E-state index contributed by atoms with van der Waals surface area (Å²) in [5.74, 6) is 2.15. The number of benzene rings is 3. The average molecular weight is 457 g/mol. The van der Waals surface area contributed by atoms with E-state index in [0.29, 0.717) is 12.5 Å². The van der Waals surface area contributed by atoms with Crippen molar-refractivity contribution in [3.63, 3.8) is 0 Å². The fourth-order valence-corrected chi connectivity index (χ4v) is 6.03. The third-order valence-electron chi connectivity index (χ3n) is 7.79. The zero-order valence-corrected chi connectivity index (χ0v) is 19.5. The smallest absolute Gasteiger partial charge is 0.318 e. The third kappa shape index (κ3) is 3.55. The Hall–Kier alpha value is -3.31. The van der Waals surface area contributed by atoms with Crippen LogP contribution in [0.2, 0.25) is 0 Å². The van der Waals surface area contributed by atoms with Crippen molar-refractivity contribution in [3.05, 3.63) is 83.9 Å². The Morgan fingerprint density at radius 1 is 0.912 bits per heavy atom. The predicted octanol–water partition coefficient (Wildman–Crippen LogP) is 5.67. The first-order chi connectivity index (χ1) is 16.7. The second-order valence-electron chi connectivity index (χ2n) is 9.63. The van der Waals surface area contributed by atoms with E-state index in [4.69, 9.17) is 14.2 Å². The molecule has 34 heavy (non-hydrogen) atoms. The molecule has 174 valence electrons. The highest BCUT2D eigenvalue weighted by Gasteiger charge is 2.49. The van der Waals surface area contributed by atoms with Gasteiger partial charge in [-0.1, -0.05) is 36.4 Å². The van der Waals surface area contributed by atoms with Crippen LogP contribution >= 0.6 is 0 Å². The maximum atomic E-state index is 13.7. The van der Waals surface area contributed by atoms with Crippen LogP contribution in [0, 0.1) is 5.92 Å². The van der Waals surface area contributed by atoms with Crippen LogP contribution in [0.25, 0.3) is 0 Å². The predicted molar refractivity (Wildman–Crippen MR) is 131 cm³/mol. The Balaban J connectivity index is 1.26. The molecule has 0 spiro atoms. The standard InChI is InChI=1S/C29H30NO4/c1-2-32-22-13-11-21(12-14-22)30-17-15-20(16-18-30)27(19-30)34-29(31)28-23-7-3-5-9-25(23)33-26-10-6-4-8-24(26)28/h3-14,20,27-28H,2,15-19H2,1H3/q+1/t20?,27-,30?/m0/s1. The van der Waals surface area contributed by atoms with Gasteiger partial charge in [0.2, 0.25) is 0 Å². The minimum atomic E-state index is -0.462. The van der Waals surface area contributed by atoms with Gasteiger partial charge in [0, 0.05) is 42.0 Å². The first-order valence-electron chi connectivity index (χ1n) is 12.3. The zero-order valence-electron chi connectivity index (χ0n) is 19.5. The number of nitrogens with zero attached hydrogens (tertiary/aromatic N) is 1. The van der Waals surface area contributed by atoms with E-state index in [0.717, 1.165) is 65.3 Å². The van der Waals surface area contributed by atoms with Gasteiger partial charge >= 0.3 is 5.97 Å². The van der Waals surface area contributed by atoms with Gasteiger partial charge in [0.15, 0.2) is 6.10 Å². The van der Waals surface area contributed by atoms with E-state index in [2.05, 4.69) is 24.3 Å². The summed E-state index contributed by atoms with van der Waals surface area (Å²) in [6, 6.07) is 24.1. The van der Waals surface area contributed by atoms with Gasteiger partial charge < -0.3 is 14.2 Å². The highest BCUT2D eigenvalue weighted by Crippen LogP contribution is 2.46. The van der Waals surface area contributed by atoms with Crippen molar-refractivity contribution in [2.75, 3.05) is 26.2 Å². The number of carbonyl (C=O) groups excluding carboxylic acids is 1. The Bertz CT molecular complexity index is 1150. The number of hydrogen-bond acceptors (Lipinski definition) is 4. The van der Waals surface area contributed by atoms with E-state index in [1.165, 1.54) is 5.69 Å². The second-order valence-corrected chi connectivity index (χ2v) is 9.63. The molecular weight excluding hydrogens is 426 g/mol. The Labute approximate surface area is 200 Å². The summed E-state index contributed by atoms with van der Waals surface area (Å²) in [4.78, 5) is 13.7. The molecule has 5 heteroatoms. The van der Waals surface area contributed by atoms with Crippen molar-refractivity contribution in [3.8, 4) is 17.2 Å². The molecule has 0 radical (unpaired) electrons. The Morgan fingerprint density at radius 3 is 2.15 bits per heavy atom. The quantitative estimate of drug-likeness (QED) is 0.367. The summed E-state index contributed by atoms with van der Waals surface area (Å²) < 4.78 is 18.9. The summed E-state index contributed by atoms with van der Waals surface area (Å²) in [5, 5.41) is 0. The molecular formula is C29H30NO4+. The Morgan fingerprint density at radius 2 is 1.53 bits per heavy atom. The van der Waals surface area contributed by atoms with Crippen molar-refractivity contribution in [2.45, 2.75) is 31.8 Å². The highest BCUT2D eigenvalue weighted by atomic mass is 16.5. The molecule has 0 aromatic heterocycles. The molecule has 5 nitrogen and oxygen atoms in total. The van der Waals surface area contributed by atoms with Gasteiger partial charge in [-0.25, -0.2) is 0 Å². The van der Waals surface area contributed by atoms with E-state index in [-0.39, 0.29) is 12.1 Å². The van der Waals surface area contributed by atoms with Crippen molar-refractivity contribution in [1.82, 2.24) is 4.48 Å². The van der Waals surface area contributed by atoms with Gasteiger partial charge in [0.1, 0.15) is 35.4 Å².